The van der Waals surface area contributed by atoms with Gasteiger partial charge in [-0.1, -0.05) is 0 Å². The molecule has 0 unspecified atom stereocenters. The number of aromatic nitrogens is 5. The quantitative estimate of drug-likeness (QED) is 0.403. The minimum absolute atomic E-state index is 0.0109. The van der Waals surface area contributed by atoms with E-state index in [4.69, 9.17) is 14.5 Å². The molecule has 39 heavy (non-hydrogen) atoms. The Kier molecular flexibility index (Phi) is 6.73. The second kappa shape index (κ2) is 10.3. The molecule has 2 saturated heterocycles. The number of nitrogens with one attached hydrogen (secondary N) is 1. The van der Waals surface area contributed by atoms with Gasteiger partial charge in [-0.05, 0) is 45.1 Å². The van der Waals surface area contributed by atoms with Gasteiger partial charge in [0, 0.05) is 48.1 Å². The molecule has 0 saturated carbocycles. The molecular formula is C27H29F2N7O3. The lowest BCUT2D eigenvalue weighted by atomic mass is 10.0. The molecule has 1 atom stereocenters. The third-order valence-corrected chi connectivity index (χ3v) is 7.41. The normalized spacial score (nSPS) is 18.6. The average molecular weight is 538 g/mol. The van der Waals surface area contributed by atoms with Gasteiger partial charge >= 0.3 is 0 Å². The minimum Gasteiger partial charge on any atom is -0.471 e. The van der Waals surface area contributed by atoms with Crippen molar-refractivity contribution in [1.29, 1.82) is 0 Å². The number of hydrogen-bond acceptors (Lipinski definition) is 7. The van der Waals surface area contributed by atoms with Crippen LogP contribution in [0.25, 0.3) is 27.9 Å². The van der Waals surface area contributed by atoms with Crippen LogP contribution in [0.4, 0.5) is 8.78 Å². The Bertz CT molecular complexity index is 1520. The summed E-state index contributed by atoms with van der Waals surface area (Å²) in [5, 5.41) is 11.4. The molecule has 1 aromatic carbocycles. The molecule has 0 spiro atoms. The van der Waals surface area contributed by atoms with Crippen LogP contribution in [-0.4, -0.2) is 81.7 Å². The molecule has 4 aromatic rings. The number of rotatable bonds is 6. The van der Waals surface area contributed by atoms with E-state index in [0.29, 0.717) is 37.1 Å². The summed E-state index contributed by atoms with van der Waals surface area (Å²) in [6, 6.07) is 2.47. The lowest BCUT2D eigenvalue weighted by Gasteiger charge is -2.28. The number of likely N-dealkylation sites (tertiary alicyclic amines) is 1. The van der Waals surface area contributed by atoms with Crippen LogP contribution in [0.15, 0.2) is 36.9 Å². The maximum absolute atomic E-state index is 15.0. The highest BCUT2D eigenvalue weighted by Crippen LogP contribution is 2.35. The Morgan fingerprint density at radius 1 is 1.08 bits per heavy atom. The first-order valence-electron chi connectivity index (χ1n) is 13.0. The highest BCUT2D eigenvalue weighted by atomic mass is 19.2. The predicted molar refractivity (Wildman–Crippen MR) is 139 cm³/mol. The van der Waals surface area contributed by atoms with Crippen molar-refractivity contribution in [3.63, 3.8) is 0 Å². The highest BCUT2D eigenvalue weighted by Gasteiger charge is 2.25. The molecule has 2 aliphatic heterocycles. The number of benzene rings is 1. The Morgan fingerprint density at radius 3 is 2.64 bits per heavy atom. The molecule has 12 heteroatoms. The summed E-state index contributed by atoms with van der Waals surface area (Å²) in [7, 11) is 3.54. The van der Waals surface area contributed by atoms with Crippen molar-refractivity contribution in [2.24, 2.45) is 0 Å². The largest absolute Gasteiger partial charge is 0.471 e. The van der Waals surface area contributed by atoms with E-state index >= 15 is 0 Å². The summed E-state index contributed by atoms with van der Waals surface area (Å²) in [6.45, 7) is 3.04. The Labute approximate surface area is 223 Å². The number of piperidine rings is 1. The lowest BCUT2D eigenvalue weighted by Crippen LogP contribution is -2.31. The predicted octanol–water partition coefficient (Wildman–Crippen LogP) is 3.33. The summed E-state index contributed by atoms with van der Waals surface area (Å²) in [6.07, 6.45) is 9.47. The van der Waals surface area contributed by atoms with Crippen LogP contribution in [0.1, 0.15) is 35.7 Å². The molecule has 0 radical (unpaired) electrons. The van der Waals surface area contributed by atoms with Crippen LogP contribution in [-0.2, 0) is 4.74 Å². The van der Waals surface area contributed by atoms with Crippen molar-refractivity contribution in [2.45, 2.75) is 31.4 Å². The maximum atomic E-state index is 15.0. The molecule has 2 fully saturated rings. The van der Waals surface area contributed by atoms with Crippen LogP contribution < -0.4 is 10.1 Å². The van der Waals surface area contributed by atoms with E-state index in [-0.39, 0.29) is 28.4 Å². The Hall–Kier alpha value is -3.90. The van der Waals surface area contributed by atoms with Gasteiger partial charge in [0.2, 0.25) is 5.88 Å². The average Bonchev–Trinajstić information content (AvgIpc) is 3.71. The molecular weight excluding hydrogens is 508 g/mol. The van der Waals surface area contributed by atoms with Crippen LogP contribution in [0.2, 0.25) is 0 Å². The first kappa shape index (κ1) is 25.4. The Balaban J connectivity index is 1.44. The molecule has 5 heterocycles. The van der Waals surface area contributed by atoms with E-state index in [1.165, 1.54) is 23.8 Å². The Morgan fingerprint density at radius 2 is 1.90 bits per heavy atom. The molecule has 6 rings (SSSR count). The van der Waals surface area contributed by atoms with E-state index in [1.54, 1.807) is 12.4 Å². The van der Waals surface area contributed by atoms with Gasteiger partial charge in [-0.3, -0.25) is 9.48 Å². The maximum Gasteiger partial charge on any atom is 0.251 e. The summed E-state index contributed by atoms with van der Waals surface area (Å²) in [5.41, 5.74) is 1.86. The van der Waals surface area contributed by atoms with Crippen molar-refractivity contribution in [1.82, 2.24) is 34.6 Å². The zero-order valence-electron chi connectivity index (χ0n) is 21.7. The smallest absolute Gasteiger partial charge is 0.251 e. The first-order chi connectivity index (χ1) is 18.9. The fraction of sp³-hybridized carbons (Fsp3) is 0.407. The molecule has 10 nitrogen and oxygen atoms in total. The third kappa shape index (κ3) is 4.85. The third-order valence-electron chi connectivity index (χ3n) is 7.41. The van der Waals surface area contributed by atoms with Crippen molar-refractivity contribution in [3.05, 3.63) is 54.1 Å². The van der Waals surface area contributed by atoms with Crippen LogP contribution in [0, 0.1) is 11.6 Å². The molecule has 1 amide bonds. The van der Waals surface area contributed by atoms with E-state index in [9.17, 15) is 13.6 Å². The van der Waals surface area contributed by atoms with Crippen molar-refractivity contribution in [3.8, 4) is 28.1 Å². The number of hydrogen-bond donors (Lipinski definition) is 1. The van der Waals surface area contributed by atoms with Crippen molar-refractivity contribution < 1.29 is 23.0 Å². The highest BCUT2D eigenvalue weighted by molar-refractivity contribution is 5.96. The molecule has 204 valence electrons. The molecule has 3 aromatic heterocycles. The summed E-state index contributed by atoms with van der Waals surface area (Å²) >= 11 is 0. The van der Waals surface area contributed by atoms with Gasteiger partial charge in [0.25, 0.3) is 5.91 Å². The van der Waals surface area contributed by atoms with Crippen molar-refractivity contribution in [2.75, 3.05) is 40.4 Å². The van der Waals surface area contributed by atoms with E-state index < -0.39 is 17.5 Å². The fourth-order valence-corrected chi connectivity index (χ4v) is 5.13. The minimum atomic E-state index is -1.14. The summed E-state index contributed by atoms with van der Waals surface area (Å²) < 4.78 is 44.7. The van der Waals surface area contributed by atoms with Crippen molar-refractivity contribution >= 4 is 11.6 Å². The van der Waals surface area contributed by atoms with Gasteiger partial charge in [-0.15, -0.1) is 0 Å². The topological polar surface area (TPSA) is 98.8 Å². The molecule has 1 N–H and O–H groups in total. The summed E-state index contributed by atoms with van der Waals surface area (Å²) in [5.74, 6) is -2.43. The van der Waals surface area contributed by atoms with E-state index in [2.05, 4.69) is 27.5 Å². The van der Waals surface area contributed by atoms with Gasteiger partial charge in [0.1, 0.15) is 6.10 Å². The number of fused-ring (bicyclic) bond motifs is 1. The SMILES string of the molecule is CNC(=O)c1cc(F)c(F)c(-c2cnn3cc(-c4cnn(C5CCN(C)CC5)c4)c(O[C@H]4CCOC4)nc23)c1. The standard InChI is InChI=1S/C27H29F2N7O3/c1-30-26(37)16-9-20(24(29)23(28)10-16)21-12-32-36-14-22(27(33-25(21)36)39-19-5-8-38-15-19)17-11-31-35(13-17)18-3-6-34(2)7-4-18/h9-14,18-19H,3-8,15H2,1-2H3,(H,30,37)/t19-/m0/s1. The number of ether oxygens (including phenoxy) is 2. The monoisotopic (exact) mass is 537 g/mol. The molecule has 0 aliphatic carbocycles. The second-order valence-corrected chi connectivity index (χ2v) is 10.0. The van der Waals surface area contributed by atoms with Gasteiger partial charge < -0.3 is 19.7 Å². The zero-order valence-corrected chi connectivity index (χ0v) is 21.7. The molecule has 0 bridgehead atoms. The van der Waals surface area contributed by atoms with Crippen LogP contribution in [0.5, 0.6) is 5.88 Å². The fourth-order valence-electron chi connectivity index (χ4n) is 5.13. The zero-order chi connectivity index (χ0) is 27.1. The molecule has 2 aliphatic rings. The van der Waals surface area contributed by atoms with Gasteiger partial charge in [-0.2, -0.15) is 15.2 Å². The summed E-state index contributed by atoms with van der Waals surface area (Å²) in [4.78, 5) is 19.2. The van der Waals surface area contributed by atoms with E-state index in [1.807, 2.05) is 10.9 Å². The van der Waals surface area contributed by atoms with Gasteiger partial charge in [0.05, 0.1) is 37.2 Å². The second-order valence-electron chi connectivity index (χ2n) is 10.0. The number of halogens is 2. The first-order valence-corrected chi connectivity index (χ1v) is 13.0. The number of nitrogens with zero attached hydrogens (tertiary/aromatic N) is 6. The number of carbonyl (C=O) groups excluding carboxylic acids is 1. The number of carbonyl (C=O) groups is 1. The number of amides is 1. The van der Waals surface area contributed by atoms with Crippen LogP contribution >= 0.6 is 0 Å². The van der Waals surface area contributed by atoms with E-state index in [0.717, 1.165) is 37.6 Å². The van der Waals surface area contributed by atoms with Crippen LogP contribution in [0.3, 0.4) is 0 Å². The lowest BCUT2D eigenvalue weighted by molar-refractivity contribution is 0.0962. The van der Waals surface area contributed by atoms with Gasteiger partial charge in [-0.25, -0.2) is 13.3 Å². The van der Waals surface area contributed by atoms with Gasteiger partial charge in [0.15, 0.2) is 17.3 Å².